The third kappa shape index (κ3) is 4.93. The second-order valence-corrected chi connectivity index (χ2v) is 12.8. The van der Waals surface area contributed by atoms with Crippen molar-refractivity contribution in [3.8, 4) is 0 Å². The van der Waals surface area contributed by atoms with Gasteiger partial charge in [-0.3, -0.25) is 4.79 Å². The van der Waals surface area contributed by atoms with E-state index in [1.165, 1.54) is 31.3 Å². The summed E-state index contributed by atoms with van der Waals surface area (Å²) in [5.74, 6) is 1.53. The Morgan fingerprint density at radius 1 is 1.17 bits per heavy atom. The molecule has 1 heterocycles. The molecule has 5 heteroatoms. The number of aliphatic hydroxyl groups excluding tert-OH is 2. The maximum Gasteiger partial charge on any atom is 0.254 e. The lowest BCUT2D eigenvalue weighted by atomic mass is 9.60. The third-order valence-electron chi connectivity index (χ3n) is 9.91. The SMILES string of the molecule is C=C1/C(=C\C=C2/CCC[C@]3(C)[C@@H]([C@H](C)CC4CC(C)(O)C(=O)N4C(C)C)CC[C@@H]23)C[C@@H](O)C[C@@H]1O. The average molecular weight is 486 g/mol. The quantitative estimate of drug-likeness (QED) is 0.517. The van der Waals surface area contributed by atoms with E-state index in [1.807, 2.05) is 4.90 Å². The fourth-order valence-electron chi connectivity index (χ4n) is 8.21. The van der Waals surface area contributed by atoms with Crippen LogP contribution < -0.4 is 0 Å². The standard InChI is InChI=1S/C30H47NO4/c1-18(2)31-23(17-30(6,35)28(31)34)14-19(3)25-11-12-26-21(8-7-13-29(25,26)5)9-10-22-15-24(32)16-27(33)20(22)4/h9-10,18-19,23-27,32-33,35H,4,7-8,11-17H2,1-3,5-6H3/b21-9+,22-10-/t19-,23?,24-,25-,26+,27+,29-,30?/m1/s1. The lowest BCUT2D eigenvalue weighted by Gasteiger charge is -2.45. The van der Waals surface area contributed by atoms with E-state index in [1.54, 1.807) is 6.92 Å². The van der Waals surface area contributed by atoms with Crippen LogP contribution in [0.2, 0.25) is 0 Å². The van der Waals surface area contributed by atoms with E-state index in [0.29, 0.717) is 37.0 Å². The monoisotopic (exact) mass is 485 g/mol. The van der Waals surface area contributed by atoms with Gasteiger partial charge in [-0.15, -0.1) is 0 Å². The number of aliphatic hydroxyl groups is 3. The van der Waals surface area contributed by atoms with Gasteiger partial charge < -0.3 is 20.2 Å². The van der Waals surface area contributed by atoms with Gasteiger partial charge in [0, 0.05) is 24.9 Å². The van der Waals surface area contributed by atoms with Crippen molar-refractivity contribution in [1.82, 2.24) is 4.90 Å². The second-order valence-electron chi connectivity index (χ2n) is 12.8. The molecule has 0 aromatic heterocycles. The molecule has 0 aromatic carbocycles. The molecule has 0 aromatic rings. The number of carbonyl (C=O) groups excluding carboxylic acids is 1. The molecule has 4 fully saturated rings. The van der Waals surface area contributed by atoms with Gasteiger partial charge in [-0.2, -0.15) is 0 Å². The van der Waals surface area contributed by atoms with Gasteiger partial charge in [0.15, 0.2) is 0 Å². The number of fused-ring (bicyclic) bond motifs is 1. The minimum Gasteiger partial charge on any atom is -0.393 e. The molecule has 4 rings (SSSR count). The van der Waals surface area contributed by atoms with Crippen molar-refractivity contribution >= 4 is 5.91 Å². The Kier molecular flexibility index (Phi) is 7.45. The summed E-state index contributed by atoms with van der Waals surface area (Å²) in [6.45, 7) is 14.7. The summed E-state index contributed by atoms with van der Waals surface area (Å²) in [6, 6.07) is 0.207. The van der Waals surface area contributed by atoms with Crippen LogP contribution in [0.4, 0.5) is 0 Å². The number of nitrogens with zero attached hydrogens (tertiary/aromatic N) is 1. The number of rotatable bonds is 5. The second kappa shape index (κ2) is 9.79. The van der Waals surface area contributed by atoms with E-state index < -0.39 is 17.8 Å². The van der Waals surface area contributed by atoms with Crippen LogP contribution in [-0.4, -0.2) is 56.0 Å². The Hall–Kier alpha value is -1.43. The van der Waals surface area contributed by atoms with E-state index in [2.05, 4.69) is 46.4 Å². The van der Waals surface area contributed by atoms with E-state index in [0.717, 1.165) is 24.0 Å². The summed E-state index contributed by atoms with van der Waals surface area (Å²) >= 11 is 0. The first-order valence-electron chi connectivity index (χ1n) is 13.8. The molecule has 3 aliphatic carbocycles. The van der Waals surface area contributed by atoms with E-state index in [4.69, 9.17) is 0 Å². The van der Waals surface area contributed by atoms with Gasteiger partial charge in [0.1, 0.15) is 5.60 Å². The molecule has 0 radical (unpaired) electrons. The molecule has 196 valence electrons. The van der Waals surface area contributed by atoms with Gasteiger partial charge in [0.25, 0.3) is 5.91 Å². The Labute approximate surface area is 212 Å². The summed E-state index contributed by atoms with van der Waals surface area (Å²) in [5, 5.41) is 31.0. The molecule has 5 nitrogen and oxygen atoms in total. The number of hydrogen-bond donors (Lipinski definition) is 3. The summed E-state index contributed by atoms with van der Waals surface area (Å²) in [6.07, 6.45) is 11.6. The molecular formula is C30H47NO4. The zero-order valence-electron chi connectivity index (χ0n) is 22.5. The minimum absolute atomic E-state index is 0.101. The smallest absolute Gasteiger partial charge is 0.254 e. The molecule has 3 N–H and O–H groups in total. The predicted octanol–water partition coefficient (Wildman–Crippen LogP) is 4.91. The maximum atomic E-state index is 12.8. The molecule has 3 saturated carbocycles. The summed E-state index contributed by atoms with van der Waals surface area (Å²) in [4.78, 5) is 14.7. The van der Waals surface area contributed by atoms with Crippen LogP contribution in [0.15, 0.2) is 35.5 Å². The summed E-state index contributed by atoms with van der Waals surface area (Å²) < 4.78 is 0. The average Bonchev–Trinajstić information content (AvgIpc) is 3.22. The van der Waals surface area contributed by atoms with E-state index >= 15 is 0 Å². The van der Waals surface area contributed by atoms with Crippen LogP contribution in [0.5, 0.6) is 0 Å². The molecule has 35 heavy (non-hydrogen) atoms. The van der Waals surface area contributed by atoms with Gasteiger partial charge in [0.05, 0.1) is 12.2 Å². The first-order valence-corrected chi connectivity index (χ1v) is 13.8. The van der Waals surface area contributed by atoms with Crippen molar-refractivity contribution < 1.29 is 20.1 Å². The van der Waals surface area contributed by atoms with Crippen LogP contribution in [0.25, 0.3) is 0 Å². The summed E-state index contributed by atoms with van der Waals surface area (Å²) in [5.41, 5.74) is 2.24. The lowest BCUT2D eigenvalue weighted by Crippen LogP contribution is -2.44. The maximum absolute atomic E-state index is 12.8. The predicted molar refractivity (Wildman–Crippen MR) is 140 cm³/mol. The molecule has 1 amide bonds. The minimum atomic E-state index is -1.24. The van der Waals surface area contributed by atoms with Gasteiger partial charge in [-0.05, 0) is 100 Å². The molecular weight excluding hydrogens is 438 g/mol. The lowest BCUT2D eigenvalue weighted by molar-refractivity contribution is -0.143. The molecule has 0 spiro atoms. The molecule has 0 bridgehead atoms. The Morgan fingerprint density at radius 3 is 2.57 bits per heavy atom. The van der Waals surface area contributed by atoms with Crippen LogP contribution in [0.1, 0.15) is 92.4 Å². The molecule has 1 saturated heterocycles. The largest absolute Gasteiger partial charge is 0.393 e. The Morgan fingerprint density at radius 2 is 1.89 bits per heavy atom. The fourth-order valence-corrected chi connectivity index (χ4v) is 8.21. The van der Waals surface area contributed by atoms with Crippen LogP contribution in [-0.2, 0) is 4.79 Å². The topological polar surface area (TPSA) is 81.0 Å². The van der Waals surface area contributed by atoms with Crippen molar-refractivity contribution in [3.63, 3.8) is 0 Å². The number of hydrogen-bond acceptors (Lipinski definition) is 4. The van der Waals surface area contributed by atoms with Crippen molar-refractivity contribution in [2.75, 3.05) is 0 Å². The highest BCUT2D eigenvalue weighted by atomic mass is 16.3. The normalized spacial score (nSPS) is 43.5. The number of allylic oxidation sites excluding steroid dienone is 3. The van der Waals surface area contributed by atoms with Crippen molar-refractivity contribution in [2.24, 2.45) is 23.2 Å². The van der Waals surface area contributed by atoms with Gasteiger partial charge >= 0.3 is 0 Å². The van der Waals surface area contributed by atoms with Gasteiger partial charge in [0.2, 0.25) is 0 Å². The zero-order valence-corrected chi connectivity index (χ0v) is 22.5. The van der Waals surface area contributed by atoms with E-state index in [9.17, 15) is 20.1 Å². The number of amides is 1. The van der Waals surface area contributed by atoms with Crippen molar-refractivity contribution in [1.29, 1.82) is 0 Å². The molecule has 1 aliphatic heterocycles. The zero-order chi connectivity index (χ0) is 25.7. The van der Waals surface area contributed by atoms with Crippen LogP contribution in [0, 0.1) is 23.2 Å². The summed E-state index contributed by atoms with van der Waals surface area (Å²) in [7, 11) is 0. The van der Waals surface area contributed by atoms with Gasteiger partial charge in [-0.1, -0.05) is 38.2 Å². The number of carbonyl (C=O) groups is 1. The fraction of sp³-hybridized carbons (Fsp3) is 0.767. The number of likely N-dealkylation sites (tertiary alicyclic amines) is 1. The molecule has 2 unspecified atom stereocenters. The van der Waals surface area contributed by atoms with Crippen LogP contribution >= 0.6 is 0 Å². The third-order valence-corrected chi connectivity index (χ3v) is 9.91. The highest BCUT2D eigenvalue weighted by Gasteiger charge is 2.53. The van der Waals surface area contributed by atoms with Crippen molar-refractivity contribution in [3.05, 3.63) is 35.5 Å². The Bertz CT molecular complexity index is 902. The molecule has 4 aliphatic rings. The molecule has 8 atom stereocenters. The highest BCUT2D eigenvalue weighted by Crippen LogP contribution is 2.60. The van der Waals surface area contributed by atoms with Crippen molar-refractivity contribution in [2.45, 2.75) is 122 Å². The highest BCUT2D eigenvalue weighted by molar-refractivity contribution is 5.87. The van der Waals surface area contributed by atoms with Crippen LogP contribution in [0.3, 0.4) is 0 Å². The van der Waals surface area contributed by atoms with Gasteiger partial charge in [-0.25, -0.2) is 0 Å². The first-order chi connectivity index (χ1) is 16.3. The first kappa shape index (κ1) is 26.6. The Balaban J connectivity index is 1.50. The van der Waals surface area contributed by atoms with E-state index in [-0.39, 0.29) is 23.4 Å².